The molecule has 1 atom stereocenters. The molecule has 4 nitrogen and oxygen atoms in total. The van der Waals surface area contributed by atoms with Crippen LogP contribution in [0.4, 0.5) is 0 Å². The minimum atomic E-state index is 0.216. The third-order valence-corrected chi connectivity index (χ3v) is 2.69. The Morgan fingerprint density at radius 1 is 1.53 bits per heavy atom. The third kappa shape index (κ3) is 2.51. The van der Waals surface area contributed by atoms with Crippen LogP contribution >= 0.6 is 0 Å². The second-order valence-corrected chi connectivity index (χ2v) is 3.83. The highest BCUT2D eigenvalue weighted by Crippen LogP contribution is 2.36. The smallest absolute Gasteiger partial charge is 0.165 e. The lowest BCUT2D eigenvalue weighted by atomic mass is 10.0. The van der Waals surface area contributed by atoms with E-state index in [1.165, 1.54) is 0 Å². The average Bonchev–Trinajstić information content (AvgIpc) is 3.15. The van der Waals surface area contributed by atoms with Crippen LogP contribution in [0.25, 0.3) is 0 Å². The SMILES string of the molecule is CCOc1c(OC)ccc(C#N)c1CC1CO1. The first-order valence-electron chi connectivity index (χ1n) is 5.64. The lowest BCUT2D eigenvalue weighted by molar-refractivity contribution is 0.305. The van der Waals surface area contributed by atoms with E-state index in [0.717, 1.165) is 12.2 Å². The highest BCUT2D eigenvalue weighted by molar-refractivity contribution is 5.55. The van der Waals surface area contributed by atoms with Gasteiger partial charge < -0.3 is 14.2 Å². The van der Waals surface area contributed by atoms with Crippen LogP contribution in [-0.4, -0.2) is 26.4 Å². The number of hydrogen-bond acceptors (Lipinski definition) is 4. The maximum atomic E-state index is 9.12. The lowest BCUT2D eigenvalue weighted by Crippen LogP contribution is -2.04. The van der Waals surface area contributed by atoms with E-state index in [9.17, 15) is 0 Å². The largest absolute Gasteiger partial charge is 0.493 e. The van der Waals surface area contributed by atoms with Gasteiger partial charge in [-0.3, -0.25) is 0 Å². The van der Waals surface area contributed by atoms with Gasteiger partial charge in [0.1, 0.15) is 0 Å². The molecular formula is C13H15NO3. The molecule has 1 unspecified atom stereocenters. The summed E-state index contributed by atoms with van der Waals surface area (Å²) < 4.78 is 16.1. The fourth-order valence-electron chi connectivity index (χ4n) is 1.79. The zero-order valence-corrected chi connectivity index (χ0v) is 10.0. The number of hydrogen-bond donors (Lipinski definition) is 0. The summed E-state index contributed by atoms with van der Waals surface area (Å²) in [6.45, 7) is 3.22. The summed E-state index contributed by atoms with van der Waals surface area (Å²) in [5.41, 5.74) is 1.51. The lowest BCUT2D eigenvalue weighted by Gasteiger charge is -2.14. The van der Waals surface area contributed by atoms with Crippen molar-refractivity contribution in [2.75, 3.05) is 20.3 Å². The van der Waals surface area contributed by atoms with Gasteiger partial charge >= 0.3 is 0 Å². The van der Waals surface area contributed by atoms with E-state index in [-0.39, 0.29) is 6.10 Å². The van der Waals surface area contributed by atoms with Gasteiger partial charge in [0.2, 0.25) is 0 Å². The van der Waals surface area contributed by atoms with Crippen molar-refractivity contribution in [3.8, 4) is 17.6 Å². The summed E-state index contributed by atoms with van der Waals surface area (Å²) in [6.07, 6.45) is 0.920. The molecule has 2 rings (SSSR count). The molecule has 0 aromatic heterocycles. The van der Waals surface area contributed by atoms with Crippen LogP contribution in [0.3, 0.4) is 0 Å². The Kier molecular flexibility index (Phi) is 3.50. The van der Waals surface area contributed by atoms with Crippen molar-refractivity contribution < 1.29 is 14.2 Å². The zero-order chi connectivity index (χ0) is 12.3. The molecule has 0 bridgehead atoms. The fourth-order valence-corrected chi connectivity index (χ4v) is 1.79. The molecule has 1 aromatic rings. The van der Waals surface area contributed by atoms with Gasteiger partial charge in [-0.05, 0) is 19.1 Å². The molecule has 0 radical (unpaired) electrons. The molecule has 17 heavy (non-hydrogen) atoms. The van der Waals surface area contributed by atoms with E-state index in [4.69, 9.17) is 19.5 Å². The van der Waals surface area contributed by atoms with Gasteiger partial charge in [0.15, 0.2) is 11.5 Å². The molecule has 1 aromatic carbocycles. The van der Waals surface area contributed by atoms with Crippen LogP contribution < -0.4 is 9.47 Å². The van der Waals surface area contributed by atoms with Crippen molar-refractivity contribution in [2.45, 2.75) is 19.4 Å². The van der Waals surface area contributed by atoms with E-state index in [1.807, 2.05) is 6.92 Å². The highest BCUT2D eigenvalue weighted by atomic mass is 16.6. The van der Waals surface area contributed by atoms with Gasteiger partial charge in [0.25, 0.3) is 0 Å². The van der Waals surface area contributed by atoms with Gasteiger partial charge in [-0.15, -0.1) is 0 Å². The van der Waals surface area contributed by atoms with Crippen molar-refractivity contribution in [3.05, 3.63) is 23.3 Å². The van der Waals surface area contributed by atoms with E-state index in [1.54, 1.807) is 19.2 Å². The number of rotatable bonds is 5. The predicted molar refractivity (Wildman–Crippen MR) is 62.3 cm³/mol. The fraction of sp³-hybridized carbons (Fsp3) is 0.462. The summed E-state index contributed by atoms with van der Waals surface area (Å²) in [7, 11) is 1.60. The molecule has 4 heteroatoms. The van der Waals surface area contributed by atoms with Crippen molar-refractivity contribution in [1.82, 2.24) is 0 Å². The Hall–Kier alpha value is -1.73. The number of benzene rings is 1. The Morgan fingerprint density at radius 3 is 2.82 bits per heavy atom. The third-order valence-electron chi connectivity index (χ3n) is 2.69. The van der Waals surface area contributed by atoms with Crippen molar-refractivity contribution in [1.29, 1.82) is 5.26 Å². The minimum absolute atomic E-state index is 0.216. The van der Waals surface area contributed by atoms with Gasteiger partial charge in [-0.1, -0.05) is 0 Å². The highest BCUT2D eigenvalue weighted by Gasteiger charge is 2.27. The van der Waals surface area contributed by atoms with Crippen molar-refractivity contribution in [2.24, 2.45) is 0 Å². The van der Waals surface area contributed by atoms with Crippen LogP contribution in [0.2, 0.25) is 0 Å². The van der Waals surface area contributed by atoms with E-state index >= 15 is 0 Å². The van der Waals surface area contributed by atoms with Crippen molar-refractivity contribution >= 4 is 0 Å². The van der Waals surface area contributed by atoms with Crippen LogP contribution in [0, 0.1) is 11.3 Å². The molecule has 90 valence electrons. The molecule has 0 amide bonds. The van der Waals surface area contributed by atoms with E-state index in [2.05, 4.69) is 6.07 Å². The summed E-state index contributed by atoms with van der Waals surface area (Å²) >= 11 is 0. The van der Waals surface area contributed by atoms with Gasteiger partial charge in [-0.2, -0.15) is 5.26 Å². The van der Waals surface area contributed by atoms with Crippen LogP contribution in [0.1, 0.15) is 18.1 Å². The van der Waals surface area contributed by atoms with Gasteiger partial charge in [0, 0.05) is 12.0 Å². The van der Waals surface area contributed by atoms with Crippen LogP contribution in [0.5, 0.6) is 11.5 Å². The number of nitrogens with zero attached hydrogens (tertiary/aromatic N) is 1. The number of epoxide rings is 1. The average molecular weight is 233 g/mol. The van der Waals surface area contributed by atoms with Crippen LogP contribution in [0.15, 0.2) is 12.1 Å². The monoisotopic (exact) mass is 233 g/mol. The minimum Gasteiger partial charge on any atom is -0.493 e. The number of ether oxygens (including phenoxy) is 3. The molecule has 1 fully saturated rings. The normalized spacial score (nSPS) is 17.4. The molecule has 1 saturated heterocycles. The standard InChI is InChI=1S/C13H15NO3/c1-3-16-13-11(6-10-8-17-10)9(7-14)4-5-12(13)15-2/h4-5,10H,3,6,8H2,1-2H3. The second kappa shape index (κ2) is 5.07. The van der Waals surface area contributed by atoms with E-state index < -0.39 is 0 Å². The molecular weight excluding hydrogens is 218 g/mol. The molecule has 1 aliphatic rings. The summed E-state index contributed by atoms with van der Waals surface area (Å²) in [4.78, 5) is 0. The van der Waals surface area contributed by atoms with Crippen molar-refractivity contribution in [3.63, 3.8) is 0 Å². The molecule has 0 aliphatic carbocycles. The Labute approximate surface area is 101 Å². The zero-order valence-electron chi connectivity index (χ0n) is 10.0. The predicted octanol–water partition coefficient (Wildman–Crippen LogP) is 1.91. The summed E-state index contributed by atoms with van der Waals surface area (Å²) in [6, 6.07) is 5.72. The first kappa shape index (κ1) is 11.7. The second-order valence-electron chi connectivity index (χ2n) is 3.83. The van der Waals surface area contributed by atoms with Gasteiger partial charge in [-0.25, -0.2) is 0 Å². The Bertz CT molecular complexity index is 447. The summed E-state index contributed by atoms with van der Waals surface area (Å²) in [5, 5.41) is 9.12. The maximum Gasteiger partial charge on any atom is 0.165 e. The Morgan fingerprint density at radius 2 is 2.29 bits per heavy atom. The topological polar surface area (TPSA) is 54.8 Å². The van der Waals surface area contributed by atoms with Crippen LogP contribution in [-0.2, 0) is 11.2 Å². The molecule has 0 N–H and O–H groups in total. The van der Waals surface area contributed by atoms with E-state index in [0.29, 0.717) is 30.1 Å². The van der Waals surface area contributed by atoms with Gasteiger partial charge in [0.05, 0.1) is 38.1 Å². The Balaban J connectivity index is 2.43. The molecule has 0 spiro atoms. The number of nitriles is 1. The molecule has 0 saturated carbocycles. The molecule has 1 aliphatic heterocycles. The maximum absolute atomic E-state index is 9.12. The summed E-state index contributed by atoms with van der Waals surface area (Å²) in [5.74, 6) is 1.34. The first-order chi connectivity index (χ1) is 8.30. The number of methoxy groups -OCH3 is 1. The molecule has 1 heterocycles. The first-order valence-corrected chi connectivity index (χ1v) is 5.64. The quantitative estimate of drug-likeness (QED) is 0.729.